The van der Waals surface area contributed by atoms with E-state index in [0.29, 0.717) is 19.1 Å². The van der Waals surface area contributed by atoms with Crippen molar-refractivity contribution < 1.29 is 9.47 Å². The zero-order valence-electron chi connectivity index (χ0n) is 10.6. The molecule has 0 amide bonds. The molecule has 0 aromatic heterocycles. The molecule has 96 valence electrons. The molecule has 0 aliphatic heterocycles. The van der Waals surface area contributed by atoms with Gasteiger partial charge in [0.25, 0.3) is 0 Å². The van der Waals surface area contributed by atoms with Crippen molar-refractivity contribution in [2.75, 3.05) is 32.3 Å². The van der Waals surface area contributed by atoms with Crippen LogP contribution in [0, 0.1) is 6.92 Å². The maximum Gasteiger partial charge on any atom is 0.0700 e. The Hall–Kier alpha value is -0.380. The Kier molecular flexibility index (Phi) is 7.49. The first-order valence-electron chi connectivity index (χ1n) is 5.97. The Balaban J connectivity index is 2.41. The molecule has 0 saturated carbocycles. The maximum atomic E-state index is 5.52. The Morgan fingerprint density at radius 1 is 1.18 bits per heavy atom. The third-order valence-corrected chi connectivity index (χ3v) is 3.64. The molecule has 1 atom stereocenters. The molecule has 0 fully saturated rings. The molecule has 0 spiro atoms. The van der Waals surface area contributed by atoms with Crippen LogP contribution in [0.25, 0.3) is 0 Å². The second-order valence-electron chi connectivity index (χ2n) is 4.10. The van der Waals surface area contributed by atoms with Crippen LogP contribution in [0.15, 0.2) is 24.3 Å². The van der Waals surface area contributed by atoms with Crippen LogP contribution >= 0.6 is 15.9 Å². The summed E-state index contributed by atoms with van der Waals surface area (Å²) in [5.41, 5.74) is 2.77. The Bertz CT molecular complexity index is 315. The van der Waals surface area contributed by atoms with E-state index in [1.54, 1.807) is 7.11 Å². The minimum absolute atomic E-state index is 0.527. The molecule has 1 aromatic carbocycles. The van der Waals surface area contributed by atoms with Crippen LogP contribution in [-0.4, -0.2) is 32.3 Å². The van der Waals surface area contributed by atoms with Crippen molar-refractivity contribution in [2.24, 2.45) is 0 Å². The fraction of sp³-hybridized carbons (Fsp3) is 0.571. The fourth-order valence-corrected chi connectivity index (χ4v) is 2.50. The minimum atomic E-state index is 0.527. The molecular weight excluding hydrogens is 280 g/mol. The molecule has 17 heavy (non-hydrogen) atoms. The standard InChI is InChI=1S/C14H21BrO2/c1-12-5-3-4-6-14(12)13(11-15)7-8-17-10-9-16-2/h3-6,13H,7-11H2,1-2H3. The molecule has 1 unspecified atom stereocenters. The lowest BCUT2D eigenvalue weighted by Gasteiger charge is -2.16. The van der Waals surface area contributed by atoms with Crippen molar-refractivity contribution in [3.05, 3.63) is 35.4 Å². The lowest BCUT2D eigenvalue weighted by molar-refractivity contribution is 0.0677. The van der Waals surface area contributed by atoms with Gasteiger partial charge in [0.05, 0.1) is 13.2 Å². The number of hydrogen-bond donors (Lipinski definition) is 0. The smallest absolute Gasteiger partial charge is 0.0700 e. The summed E-state index contributed by atoms with van der Waals surface area (Å²) in [6.07, 6.45) is 1.04. The highest BCUT2D eigenvalue weighted by molar-refractivity contribution is 9.09. The van der Waals surface area contributed by atoms with Crippen LogP contribution < -0.4 is 0 Å². The number of halogens is 1. The van der Waals surface area contributed by atoms with E-state index in [9.17, 15) is 0 Å². The highest BCUT2D eigenvalue weighted by Crippen LogP contribution is 2.24. The molecule has 0 N–H and O–H groups in total. The Labute approximate surface area is 112 Å². The molecule has 0 saturated heterocycles. The SMILES string of the molecule is COCCOCCC(CBr)c1ccccc1C. The van der Waals surface area contributed by atoms with Gasteiger partial charge in [0.1, 0.15) is 0 Å². The number of hydrogen-bond acceptors (Lipinski definition) is 2. The summed E-state index contributed by atoms with van der Waals surface area (Å²) in [6.45, 7) is 4.30. The van der Waals surface area contributed by atoms with Crippen molar-refractivity contribution in [3.63, 3.8) is 0 Å². The van der Waals surface area contributed by atoms with E-state index in [2.05, 4.69) is 47.1 Å². The third kappa shape index (κ3) is 5.19. The van der Waals surface area contributed by atoms with Gasteiger partial charge in [0.2, 0.25) is 0 Å². The van der Waals surface area contributed by atoms with Crippen molar-refractivity contribution >= 4 is 15.9 Å². The zero-order valence-corrected chi connectivity index (χ0v) is 12.2. The number of alkyl halides is 1. The van der Waals surface area contributed by atoms with Crippen molar-refractivity contribution in [2.45, 2.75) is 19.3 Å². The van der Waals surface area contributed by atoms with E-state index < -0.39 is 0 Å². The summed E-state index contributed by atoms with van der Waals surface area (Å²) < 4.78 is 10.5. The lowest BCUT2D eigenvalue weighted by Crippen LogP contribution is -2.09. The first-order chi connectivity index (χ1) is 8.29. The van der Waals surface area contributed by atoms with Gasteiger partial charge in [-0.25, -0.2) is 0 Å². The number of rotatable bonds is 8. The molecule has 0 radical (unpaired) electrons. The lowest BCUT2D eigenvalue weighted by atomic mass is 9.94. The van der Waals surface area contributed by atoms with Gasteiger partial charge in [-0.15, -0.1) is 0 Å². The van der Waals surface area contributed by atoms with E-state index in [-0.39, 0.29) is 0 Å². The normalized spacial score (nSPS) is 12.6. The molecule has 0 bridgehead atoms. The van der Waals surface area contributed by atoms with Gasteiger partial charge >= 0.3 is 0 Å². The predicted octanol–water partition coefficient (Wildman–Crippen LogP) is 3.53. The van der Waals surface area contributed by atoms with Gasteiger partial charge in [-0.2, -0.15) is 0 Å². The summed E-state index contributed by atoms with van der Waals surface area (Å²) in [6, 6.07) is 8.55. The topological polar surface area (TPSA) is 18.5 Å². The molecule has 1 rings (SSSR count). The second-order valence-corrected chi connectivity index (χ2v) is 4.75. The van der Waals surface area contributed by atoms with E-state index in [0.717, 1.165) is 18.4 Å². The van der Waals surface area contributed by atoms with Crippen LogP contribution in [0.3, 0.4) is 0 Å². The Morgan fingerprint density at radius 2 is 1.94 bits per heavy atom. The zero-order chi connectivity index (χ0) is 12.5. The molecule has 0 heterocycles. The minimum Gasteiger partial charge on any atom is -0.382 e. The first kappa shape index (κ1) is 14.7. The van der Waals surface area contributed by atoms with E-state index in [4.69, 9.17) is 9.47 Å². The van der Waals surface area contributed by atoms with Crippen LogP contribution in [0.4, 0.5) is 0 Å². The summed E-state index contributed by atoms with van der Waals surface area (Å²) in [4.78, 5) is 0. The van der Waals surface area contributed by atoms with Crippen LogP contribution in [0.5, 0.6) is 0 Å². The number of aryl methyl sites for hydroxylation is 1. The maximum absolute atomic E-state index is 5.52. The fourth-order valence-electron chi connectivity index (χ4n) is 1.83. The first-order valence-corrected chi connectivity index (χ1v) is 7.10. The van der Waals surface area contributed by atoms with Gasteiger partial charge in [-0.05, 0) is 30.4 Å². The monoisotopic (exact) mass is 300 g/mol. The summed E-state index contributed by atoms with van der Waals surface area (Å²) in [7, 11) is 1.69. The third-order valence-electron chi connectivity index (χ3n) is 2.86. The van der Waals surface area contributed by atoms with E-state index >= 15 is 0 Å². The van der Waals surface area contributed by atoms with Gasteiger partial charge in [-0.1, -0.05) is 40.2 Å². The van der Waals surface area contributed by atoms with E-state index in [1.807, 2.05) is 0 Å². The molecule has 1 aromatic rings. The van der Waals surface area contributed by atoms with E-state index in [1.165, 1.54) is 11.1 Å². The summed E-state index contributed by atoms with van der Waals surface area (Å²) >= 11 is 3.59. The second kappa shape index (κ2) is 8.67. The average Bonchev–Trinajstić information content (AvgIpc) is 2.35. The largest absolute Gasteiger partial charge is 0.382 e. The predicted molar refractivity (Wildman–Crippen MR) is 75.0 cm³/mol. The molecule has 2 nitrogen and oxygen atoms in total. The van der Waals surface area contributed by atoms with Crippen LogP contribution in [0.1, 0.15) is 23.5 Å². The molecule has 0 aliphatic rings. The summed E-state index contributed by atoms with van der Waals surface area (Å²) in [5, 5.41) is 0.978. The van der Waals surface area contributed by atoms with Crippen LogP contribution in [-0.2, 0) is 9.47 Å². The number of ether oxygens (including phenoxy) is 2. The van der Waals surface area contributed by atoms with Gasteiger partial charge in [0.15, 0.2) is 0 Å². The Morgan fingerprint density at radius 3 is 2.59 bits per heavy atom. The highest BCUT2D eigenvalue weighted by Gasteiger charge is 2.11. The number of methoxy groups -OCH3 is 1. The van der Waals surface area contributed by atoms with Crippen molar-refractivity contribution in [1.29, 1.82) is 0 Å². The molecular formula is C14H21BrO2. The van der Waals surface area contributed by atoms with Gasteiger partial charge in [-0.3, -0.25) is 0 Å². The van der Waals surface area contributed by atoms with Gasteiger partial charge in [0, 0.05) is 19.0 Å². The molecule has 0 aliphatic carbocycles. The molecule has 3 heteroatoms. The van der Waals surface area contributed by atoms with Crippen molar-refractivity contribution in [1.82, 2.24) is 0 Å². The quantitative estimate of drug-likeness (QED) is 0.540. The number of benzene rings is 1. The highest BCUT2D eigenvalue weighted by atomic mass is 79.9. The van der Waals surface area contributed by atoms with Crippen molar-refractivity contribution in [3.8, 4) is 0 Å². The average molecular weight is 301 g/mol. The summed E-state index contributed by atoms with van der Waals surface area (Å²) in [5.74, 6) is 0.527. The van der Waals surface area contributed by atoms with Crippen LogP contribution in [0.2, 0.25) is 0 Å². The van der Waals surface area contributed by atoms with Gasteiger partial charge < -0.3 is 9.47 Å².